The molecule has 1 saturated heterocycles. The Morgan fingerprint density at radius 1 is 0.964 bits per heavy atom. The number of aromatic nitrogens is 1. The molecule has 1 aromatic carbocycles. The van der Waals surface area contributed by atoms with Crippen molar-refractivity contribution in [3.05, 3.63) is 57.2 Å². The smallest absolute Gasteiger partial charge is 0.148 e. The molecule has 1 aliphatic heterocycles. The van der Waals surface area contributed by atoms with E-state index in [0.717, 1.165) is 13.1 Å². The zero-order valence-corrected chi connectivity index (χ0v) is 17.5. The van der Waals surface area contributed by atoms with Crippen LogP contribution in [0.15, 0.2) is 40.9 Å². The number of rotatable bonds is 4. The lowest BCUT2D eigenvalue weighted by Crippen LogP contribution is -2.17. The molecule has 1 aliphatic rings. The largest absolute Gasteiger partial charge is 0.377 e. The Balaban J connectivity index is 1.97. The lowest BCUT2D eigenvalue weighted by atomic mass is 9.98. The molecule has 1 aromatic heterocycles. The van der Waals surface area contributed by atoms with Crippen molar-refractivity contribution in [2.24, 2.45) is 0 Å². The molecule has 0 bridgehead atoms. The summed E-state index contributed by atoms with van der Waals surface area (Å²) in [5.74, 6) is 0. The van der Waals surface area contributed by atoms with Crippen LogP contribution < -0.4 is 0 Å². The van der Waals surface area contributed by atoms with Crippen molar-refractivity contribution < 1.29 is 0 Å². The van der Waals surface area contributed by atoms with Crippen LogP contribution in [0.1, 0.15) is 36.8 Å². The minimum Gasteiger partial charge on any atom is -0.377 e. The number of nitrogens with zero attached hydrogens (tertiary/aromatic N) is 4. The Labute approximate surface area is 179 Å². The lowest BCUT2D eigenvalue weighted by Gasteiger charge is -2.16. The van der Waals surface area contributed by atoms with E-state index in [4.69, 9.17) is 23.2 Å². The molecule has 1 fully saturated rings. The molecule has 0 radical (unpaired) electrons. The summed E-state index contributed by atoms with van der Waals surface area (Å²) in [7, 11) is 0. The summed E-state index contributed by atoms with van der Waals surface area (Å²) in [5, 5.41) is 22.5. The van der Waals surface area contributed by atoms with E-state index in [2.05, 4.69) is 22.0 Å². The Kier molecular flexibility index (Phi) is 7.23. The fourth-order valence-electron chi connectivity index (χ4n) is 3.16. The Morgan fingerprint density at radius 2 is 1.61 bits per heavy atom. The van der Waals surface area contributed by atoms with Gasteiger partial charge in [0.1, 0.15) is 22.3 Å². The van der Waals surface area contributed by atoms with Gasteiger partial charge in [-0.2, -0.15) is 10.5 Å². The summed E-state index contributed by atoms with van der Waals surface area (Å²) in [6.07, 6.45) is 6.98. The van der Waals surface area contributed by atoms with Crippen LogP contribution in [0.3, 0.4) is 0 Å². The third kappa shape index (κ3) is 4.80. The average Bonchev–Trinajstić information content (AvgIpc) is 2.97. The molecule has 3 rings (SSSR count). The molecule has 0 amide bonds. The van der Waals surface area contributed by atoms with Gasteiger partial charge in [-0.1, -0.05) is 59.9 Å². The molecule has 0 N–H and O–H groups in total. The number of nitriles is 2. The molecular formula is C21H18Cl2N4S. The first-order chi connectivity index (χ1) is 13.6. The number of hydrogen-bond acceptors (Lipinski definition) is 5. The molecule has 142 valence electrons. The summed E-state index contributed by atoms with van der Waals surface area (Å²) in [4.78, 5) is 6.60. The third-order valence-corrected chi connectivity index (χ3v) is 5.87. The molecule has 0 unspecified atom stereocenters. The molecule has 7 heteroatoms. The van der Waals surface area contributed by atoms with Crippen LogP contribution in [-0.4, -0.2) is 23.0 Å². The molecule has 4 nitrogen and oxygen atoms in total. The molecule has 28 heavy (non-hydrogen) atoms. The van der Waals surface area contributed by atoms with Gasteiger partial charge in [-0.3, -0.25) is 0 Å². The third-order valence-electron chi connectivity index (χ3n) is 4.57. The topological polar surface area (TPSA) is 63.7 Å². The van der Waals surface area contributed by atoms with Gasteiger partial charge < -0.3 is 4.90 Å². The highest BCUT2D eigenvalue weighted by Gasteiger charge is 2.20. The summed E-state index contributed by atoms with van der Waals surface area (Å²) in [6.45, 7) is 2.08. The van der Waals surface area contributed by atoms with E-state index >= 15 is 0 Å². The van der Waals surface area contributed by atoms with Crippen molar-refractivity contribution in [3.63, 3.8) is 0 Å². The first-order valence-corrected chi connectivity index (χ1v) is 10.6. The van der Waals surface area contributed by atoms with E-state index in [-0.39, 0.29) is 10.7 Å². The van der Waals surface area contributed by atoms with E-state index in [1.807, 2.05) is 11.6 Å². The number of halogens is 2. The number of benzene rings is 1. The monoisotopic (exact) mass is 428 g/mol. The van der Waals surface area contributed by atoms with Gasteiger partial charge in [0.05, 0.1) is 11.1 Å². The van der Waals surface area contributed by atoms with Gasteiger partial charge in [0, 0.05) is 29.9 Å². The van der Waals surface area contributed by atoms with E-state index in [0.29, 0.717) is 26.7 Å². The number of hydrogen-bond donors (Lipinski definition) is 0. The van der Waals surface area contributed by atoms with Crippen LogP contribution in [0, 0.1) is 22.7 Å². The van der Waals surface area contributed by atoms with Crippen LogP contribution in [0.4, 0.5) is 0 Å². The highest BCUT2D eigenvalue weighted by atomic mass is 35.5. The lowest BCUT2D eigenvalue weighted by molar-refractivity contribution is 0.392. The SMILES string of the molecule is N#Cc1c(Cl)nc(SC=CN2CCCCCC2)c(C#N)c1-c1ccc(Cl)cc1. The van der Waals surface area contributed by atoms with Crippen LogP contribution in [0.2, 0.25) is 10.2 Å². The maximum Gasteiger partial charge on any atom is 0.148 e. The van der Waals surface area contributed by atoms with Crippen molar-refractivity contribution in [3.8, 4) is 23.3 Å². The van der Waals surface area contributed by atoms with Crippen molar-refractivity contribution in [2.75, 3.05) is 13.1 Å². The van der Waals surface area contributed by atoms with E-state index in [1.165, 1.54) is 37.4 Å². The second-order valence-electron chi connectivity index (χ2n) is 6.42. The summed E-state index contributed by atoms with van der Waals surface area (Å²) in [6, 6.07) is 11.3. The van der Waals surface area contributed by atoms with Gasteiger partial charge in [0.25, 0.3) is 0 Å². The molecule has 0 saturated carbocycles. The van der Waals surface area contributed by atoms with E-state index in [1.54, 1.807) is 24.3 Å². The quantitative estimate of drug-likeness (QED) is 0.425. The maximum absolute atomic E-state index is 9.79. The van der Waals surface area contributed by atoms with Gasteiger partial charge >= 0.3 is 0 Å². The standard InChI is InChI=1S/C21H18Cl2N4S/c22-16-7-5-15(6-8-16)19-17(13-24)20(23)26-21(18(19)14-25)28-12-11-27-9-3-1-2-4-10-27/h5-8,11-12H,1-4,9-10H2. The molecule has 0 aliphatic carbocycles. The van der Waals surface area contributed by atoms with Crippen molar-refractivity contribution in [1.82, 2.24) is 9.88 Å². The van der Waals surface area contributed by atoms with Crippen LogP contribution in [0.25, 0.3) is 11.1 Å². The van der Waals surface area contributed by atoms with E-state index in [9.17, 15) is 10.5 Å². The van der Waals surface area contributed by atoms with Gasteiger partial charge in [-0.05, 0) is 35.9 Å². The maximum atomic E-state index is 9.79. The Morgan fingerprint density at radius 3 is 2.21 bits per heavy atom. The van der Waals surface area contributed by atoms with Crippen molar-refractivity contribution >= 4 is 35.0 Å². The average molecular weight is 429 g/mol. The van der Waals surface area contributed by atoms with Crippen LogP contribution in [-0.2, 0) is 0 Å². The predicted molar refractivity (Wildman–Crippen MR) is 114 cm³/mol. The molecular weight excluding hydrogens is 411 g/mol. The predicted octanol–water partition coefficient (Wildman–Crippen LogP) is 6.24. The summed E-state index contributed by atoms with van der Waals surface area (Å²) < 4.78 is 0. The number of thioether (sulfide) groups is 1. The van der Waals surface area contributed by atoms with Gasteiger partial charge in [0.2, 0.25) is 0 Å². The zero-order valence-electron chi connectivity index (χ0n) is 15.2. The molecule has 2 aromatic rings. The van der Waals surface area contributed by atoms with Crippen LogP contribution in [0.5, 0.6) is 0 Å². The summed E-state index contributed by atoms with van der Waals surface area (Å²) >= 11 is 13.6. The molecule has 2 heterocycles. The fourth-order valence-corrected chi connectivity index (χ4v) is 4.33. The second kappa shape index (κ2) is 9.85. The normalized spacial score (nSPS) is 14.5. The molecule has 0 spiro atoms. The van der Waals surface area contributed by atoms with Gasteiger partial charge in [0.15, 0.2) is 0 Å². The summed E-state index contributed by atoms with van der Waals surface area (Å²) in [5.41, 5.74) is 1.74. The second-order valence-corrected chi connectivity index (χ2v) is 8.11. The minimum absolute atomic E-state index is 0.0946. The van der Waals surface area contributed by atoms with Gasteiger partial charge in [-0.25, -0.2) is 4.98 Å². The van der Waals surface area contributed by atoms with Crippen molar-refractivity contribution in [1.29, 1.82) is 10.5 Å². The number of pyridine rings is 1. The van der Waals surface area contributed by atoms with E-state index < -0.39 is 0 Å². The first-order valence-electron chi connectivity index (χ1n) is 9.01. The highest BCUT2D eigenvalue weighted by molar-refractivity contribution is 8.02. The Bertz CT molecular complexity index is 950. The highest BCUT2D eigenvalue weighted by Crippen LogP contribution is 2.37. The van der Waals surface area contributed by atoms with Crippen molar-refractivity contribution in [2.45, 2.75) is 30.7 Å². The minimum atomic E-state index is 0.0946. The Hall–Kier alpha value is -2.18. The molecule has 0 atom stereocenters. The first kappa shape index (κ1) is 20.6. The van der Waals surface area contributed by atoms with Gasteiger partial charge in [-0.15, -0.1) is 0 Å². The number of likely N-dealkylation sites (tertiary alicyclic amines) is 1. The van der Waals surface area contributed by atoms with Crippen LogP contribution >= 0.6 is 35.0 Å². The zero-order chi connectivity index (χ0) is 19.9. The fraction of sp³-hybridized carbons (Fsp3) is 0.286.